The minimum atomic E-state index is 0.448. The van der Waals surface area contributed by atoms with E-state index >= 15 is 0 Å². The summed E-state index contributed by atoms with van der Waals surface area (Å²) >= 11 is 1.77. The number of anilines is 2. The van der Waals surface area contributed by atoms with E-state index < -0.39 is 0 Å². The molecule has 148 valence electrons. The van der Waals surface area contributed by atoms with Crippen molar-refractivity contribution >= 4 is 33.6 Å². The number of fused-ring (bicyclic) bond motifs is 1. The first-order valence-electron chi connectivity index (χ1n) is 10.3. The summed E-state index contributed by atoms with van der Waals surface area (Å²) in [5.41, 5.74) is 8.21. The number of thiophene rings is 1. The van der Waals surface area contributed by atoms with Crippen LogP contribution in [0.1, 0.15) is 55.5 Å². The molecule has 0 fully saturated rings. The van der Waals surface area contributed by atoms with Crippen LogP contribution in [-0.4, -0.2) is 4.98 Å². The molecule has 2 heterocycles. The zero-order chi connectivity index (χ0) is 20.5. The van der Waals surface area contributed by atoms with Crippen molar-refractivity contribution in [2.45, 2.75) is 46.5 Å². The molecule has 0 unspecified atom stereocenters. The van der Waals surface area contributed by atoms with Gasteiger partial charge < -0.3 is 5.32 Å². The van der Waals surface area contributed by atoms with Gasteiger partial charge in [-0.3, -0.25) is 0 Å². The van der Waals surface area contributed by atoms with Crippen molar-refractivity contribution in [2.75, 3.05) is 5.32 Å². The maximum atomic E-state index is 5.05. The molecule has 0 aliphatic heterocycles. The Bertz CT molecular complexity index is 1130. The van der Waals surface area contributed by atoms with Gasteiger partial charge in [0.1, 0.15) is 0 Å². The van der Waals surface area contributed by atoms with Crippen molar-refractivity contribution in [3.05, 3.63) is 76.0 Å². The van der Waals surface area contributed by atoms with Crippen LogP contribution in [0, 0.1) is 6.92 Å². The standard InChI is InChI=1S/C26H28N2S/c1-16(2)21-9-7-10-22(17(3)4)26(21)28-24-11-6-8-19-12-13-23(27-25(19)24)20-14-18(5)29-15-20/h6-17,28H,1-5H3. The lowest BCUT2D eigenvalue weighted by Gasteiger charge is -2.21. The van der Waals surface area contributed by atoms with Gasteiger partial charge in [0.2, 0.25) is 0 Å². The molecule has 2 aromatic carbocycles. The van der Waals surface area contributed by atoms with E-state index in [0.29, 0.717) is 11.8 Å². The number of nitrogens with zero attached hydrogens (tertiary/aromatic N) is 1. The molecule has 0 saturated heterocycles. The maximum absolute atomic E-state index is 5.05. The lowest BCUT2D eigenvalue weighted by Crippen LogP contribution is -2.04. The Morgan fingerprint density at radius 1 is 0.862 bits per heavy atom. The number of nitrogens with one attached hydrogen (secondary N) is 1. The molecule has 0 aliphatic carbocycles. The van der Waals surface area contributed by atoms with E-state index in [9.17, 15) is 0 Å². The summed E-state index contributed by atoms with van der Waals surface area (Å²) in [5.74, 6) is 0.895. The van der Waals surface area contributed by atoms with Crippen molar-refractivity contribution in [1.82, 2.24) is 4.98 Å². The molecule has 0 radical (unpaired) electrons. The largest absolute Gasteiger partial charge is 0.353 e. The Morgan fingerprint density at radius 3 is 2.17 bits per heavy atom. The van der Waals surface area contributed by atoms with E-state index in [1.807, 2.05) is 0 Å². The number of hydrogen-bond donors (Lipinski definition) is 1. The Kier molecular flexibility index (Phi) is 5.42. The van der Waals surface area contributed by atoms with Gasteiger partial charge in [0.25, 0.3) is 0 Å². The average molecular weight is 401 g/mol. The maximum Gasteiger partial charge on any atom is 0.0944 e. The molecular formula is C26H28N2S. The first-order chi connectivity index (χ1) is 13.9. The molecule has 4 aromatic rings. The molecule has 2 nitrogen and oxygen atoms in total. The van der Waals surface area contributed by atoms with E-state index in [1.54, 1.807) is 11.3 Å². The second kappa shape index (κ2) is 8.00. The second-order valence-electron chi connectivity index (χ2n) is 8.27. The van der Waals surface area contributed by atoms with Crippen LogP contribution in [-0.2, 0) is 0 Å². The van der Waals surface area contributed by atoms with Crippen molar-refractivity contribution in [3.8, 4) is 11.3 Å². The summed E-state index contributed by atoms with van der Waals surface area (Å²) in [4.78, 5) is 6.35. The smallest absolute Gasteiger partial charge is 0.0944 e. The SMILES string of the molecule is Cc1cc(-c2ccc3cccc(Nc4c(C(C)C)cccc4C(C)C)c3n2)cs1. The number of rotatable bonds is 5. The van der Waals surface area contributed by atoms with Crippen LogP contribution in [0.2, 0.25) is 0 Å². The number of aromatic nitrogens is 1. The molecule has 2 aromatic heterocycles. The van der Waals surface area contributed by atoms with E-state index in [4.69, 9.17) is 4.98 Å². The molecule has 0 atom stereocenters. The monoisotopic (exact) mass is 400 g/mol. The Morgan fingerprint density at radius 2 is 1.55 bits per heavy atom. The normalized spacial score (nSPS) is 11.6. The fourth-order valence-electron chi connectivity index (χ4n) is 3.82. The summed E-state index contributed by atoms with van der Waals surface area (Å²) in [5, 5.41) is 7.11. The molecule has 3 heteroatoms. The molecule has 1 N–H and O–H groups in total. The number of pyridine rings is 1. The molecule has 0 spiro atoms. The van der Waals surface area contributed by atoms with Crippen LogP contribution in [0.5, 0.6) is 0 Å². The molecule has 0 aliphatic rings. The number of benzene rings is 2. The summed E-state index contributed by atoms with van der Waals surface area (Å²) in [7, 11) is 0. The van der Waals surface area contributed by atoms with Crippen LogP contribution < -0.4 is 5.32 Å². The van der Waals surface area contributed by atoms with Gasteiger partial charge in [-0.15, -0.1) is 11.3 Å². The van der Waals surface area contributed by atoms with E-state index in [1.165, 1.54) is 27.3 Å². The van der Waals surface area contributed by atoms with Gasteiger partial charge in [-0.25, -0.2) is 4.98 Å². The van der Waals surface area contributed by atoms with Gasteiger partial charge in [-0.05, 0) is 48.1 Å². The Balaban J connectivity index is 1.85. The minimum absolute atomic E-state index is 0.448. The molecule has 4 rings (SSSR count). The van der Waals surface area contributed by atoms with Crippen molar-refractivity contribution in [2.24, 2.45) is 0 Å². The Labute approximate surface area is 177 Å². The van der Waals surface area contributed by atoms with E-state index in [0.717, 1.165) is 22.3 Å². The highest BCUT2D eigenvalue weighted by atomic mass is 32.1. The molecule has 29 heavy (non-hydrogen) atoms. The summed E-state index contributed by atoms with van der Waals surface area (Å²) in [6.45, 7) is 11.1. The van der Waals surface area contributed by atoms with Gasteiger partial charge in [-0.1, -0.05) is 64.1 Å². The lowest BCUT2D eigenvalue weighted by atomic mass is 9.92. The lowest BCUT2D eigenvalue weighted by molar-refractivity contribution is 0.838. The zero-order valence-corrected chi connectivity index (χ0v) is 18.6. The molecular weight excluding hydrogens is 372 g/mol. The third kappa shape index (κ3) is 3.92. The summed E-state index contributed by atoms with van der Waals surface area (Å²) in [6, 6.07) is 19.5. The predicted octanol–water partition coefficient (Wildman–Crippen LogP) is 8.26. The van der Waals surface area contributed by atoms with Crippen molar-refractivity contribution in [1.29, 1.82) is 0 Å². The molecule has 0 amide bonds. The fourth-order valence-corrected chi connectivity index (χ4v) is 4.51. The minimum Gasteiger partial charge on any atom is -0.353 e. The third-order valence-corrected chi connectivity index (χ3v) is 6.24. The van der Waals surface area contributed by atoms with Crippen LogP contribution in [0.3, 0.4) is 0 Å². The van der Waals surface area contributed by atoms with Gasteiger partial charge >= 0.3 is 0 Å². The van der Waals surface area contributed by atoms with Gasteiger partial charge in [-0.2, -0.15) is 0 Å². The third-order valence-electron chi connectivity index (χ3n) is 5.38. The van der Waals surface area contributed by atoms with Gasteiger partial charge in [0.15, 0.2) is 0 Å². The fraction of sp³-hybridized carbons (Fsp3) is 0.269. The van der Waals surface area contributed by atoms with Crippen LogP contribution in [0.25, 0.3) is 22.2 Å². The number of para-hydroxylation sites is 2. The Hall–Kier alpha value is -2.65. The van der Waals surface area contributed by atoms with Crippen LogP contribution in [0.15, 0.2) is 60.0 Å². The van der Waals surface area contributed by atoms with Gasteiger partial charge in [0.05, 0.1) is 16.9 Å². The van der Waals surface area contributed by atoms with E-state index in [-0.39, 0.29) is 0 Å². The van der Waals surface area contributed by atoms with Crippen LogP contribution in [0.4, 0.5) is 11.4 Å². The van der Waals surface area contributed by atoms with Crippen molar-refractivity contribution < 1.29 is 0 Å². The topological polar surface area (TPSA) is 24.9 Å². The predicted molar refractivity (Wildman–Crippen MR) is 128 cm³/mol. The highest BCUT2D eigenvalue weighted by molar-refractivity contribution is 7.10. The van der Waals surface area contributed by atoms with Crippen LogP contribution >= 0.6 is 11.3 Å². The quantitative estimate of drug-likeness (QED) is 0.365. The second-order valence-corrected chi connectivity index (χ2v) is 9.38. The average Bonchev–Trinajstić information content (AvgIpc) is 3.14. The highest BCUT2D eigenvalue weighted by Gasteiger charge is 2.15. The first kappa shape index (κ1) is 19.7. The molecule has 0 bridgehead atoms. The van der Waals surface area contributed by atoms with Gasteiger partial charge in [0, 0.05) is 26.9 Å². The summed E-state index contributed by atoms with van der Waals surface area (Å²) < 4.78 is 0. The number of aryl methyl sites for hydroxylation is 1. The summed E-state index contributed by atoms with van der Waals surface area (Å²) in [6.07, 6.45) is 0. The number of hydrogen-bond acceptors (Lipinski definition) is 3. The zero-order valence-electron chi connectivity index (χ0n) is 17.8. The molecule has 0 saturated carbocycles. The van der Waals surface area contributed by atoms with E-state index in [2.05, 4.69) is 99.9 Å². The first-order valence-corrected chi connectivity index (χ1v) is 11.2. The highest BCUT2D eigenvalue weighted by Crippen LogP contribution is 2.36. The van der Waals surface area contributed by atoms with Crippen molar-refractivity contribution in [3.63, 3.8) is 0 Å².